The Labute approximate surface area is 164 Å². The summed E-state index contributed by atoms with van der Waals surface area (Å²) in [5.74, 6) is 1.25. The van der Waals surface area contributed by atoms with Gasteiger partial charge in [0.2, 0.25) is 5.91 Å². The molecule has 0 saturated carbocycles. The van der Waals surface area contributed by atoms with E-state index in [1.807, 2.05) is 18.2 Å². The Morgan fingerprint density at radius 3 is 2.50 bits per heavy atom. The summed E-state index contributed by atoms with van der Waals surface area (Å²) in [6.45, 7) is 4.44. The van der Waals surface area contributed by atoms with Crippen LogP contribution in [0.5, 0.6) is 5.75 Å². The van der Waals surface area contributed by atoms with Crippen LogP contribution in [0.3, 0.4) is 0 Å². The number of para-hydroxylation sites is 1. The SMILES string of the molecule is CN1CCN(c2cc(COc3ccc(C(N)=O)cc3)c3ccccc3n2)CC1. The number of nitrogens with zero attached hydrogens (tertiary/aromatic N) is 3. The van der Waals surface area contributed by atoms with Crippen molar-refractivity contribution in [2.45, 2.75) is 6.61 Å². The fraction of sp³-hybridized carbons (Fsp3) is 0.273. The second-order valence-electron chi connectivity index (χ2n) is 7.12. The number of pyridine rings is 1. The minimum Gasteiger partial charge on any atom is -0.489 e. The van der Waals surface area contributed by atoms with Crippen LogP contribution < -0.4 is 15.4 Å². The molecule has 6 nitrogen and oxygen atoms in total. The fourth-order valence-electron chi connectivity index (χ4n) is 3.43. The summed E-state index contributed by atoms with van der Waals surface area (Å²) in [5, 5.41) is 1.09. The van der Waals surface area contributed by atoms with Gasteiger partial charge in [-0.15, -0.1) is 0 Å². The number of aromatic nitrogens is 1. The molecule has 1 aliphatic rings. The van der Waals surface area contributed by atoms with Crippen LogP contribution in [0.25, 0.3) is 10.9 Å². The number of fused-ring (bicyclic) bond motifs is 1. The van der Waals surface area contributed by atoms with Gasteiger partial charge in [0.1, 0.15) is 18.2 Å². The summed E-state index contributed by atoms with van der Waals surface area (Å²) in [5.41, 5.74) is 7.83. The summed E-state index contributed by atoms with van der Waals surface area (Å²) >= 11 is 0. The first-order valence-electron chi connectivity index (χ1n) is 9.45. The fourth-order valence-corrected chi connectivity index (χ4v) is 3.43. The lowest BCUT2D eigenvalue weighted by Gasteiger charge is -2.33. The van der Waals surface area contributed by atoms with Crippen molar-refractivity contribution in [1.29, 1.82) is 0 Å². The van der Waals surface area contributed by atoms with Gasteiger partial charge in [-0.3, -0.25) is 4.79 Å². The van der Waals surface area contributed by atoms with Crippen LogP contribution >= 0.6 is 0 Å². The molecule has 3 aromatic rings. The predicted octanol–water partition coefficient (Wildman–Crippen LogP) is 2.66. The number of rotatable bonds is 5. The molecule has 0 bridgehead atoms. The van der Waals surface area contributed by atoms with Gasteiger partial charge in [-0.05, 0) is 43.4 Å². The van der Waals surface area contributed by atoms with E-state index < -0.39 is 5.91 Å². The third-order valence-electron chi connectivity index (χ3n) is 5.15. The lowest BCUT2D eigenvalue weighted by molar-refractivity contribution is 0.1000. The average molecular weight is 376 g/mol. The maximum absolute atomic E-state index is 11.2. The molecular weight excluding hydrogens is 352 g/mol. The van der Waals surface area contributed by atoms with Gasteiger partial charge in [-0.2, -0.15) is 0 Å². The van der Waals surface area contributed by atoms with Gasteiger partial charge >= 0.3 is 0 Å². The van der Waals surface area contributed by atoms with E-state index in [-0.39, 0.29) is 0 Å². The normalized spacial score (nSPS) is 15.0. The van der Waals surface area contributed by atoms with E-state index in [9.17, 15) is 4.79 Å². The molecule has 0 aliphatic carbocycles. The largest absolute Gasteiger partial charge is 0.489 e. The Balaban J connectivity index is 1.59. The van der Waals surface area contributed by atoms with Gasteiger partial charge in [0.05, 0.1) is 5.52 Å². The molecule has 1 aliphatic heterocycles. The molecule has 0 spiro atoms. The number of hydrogen-bond donors (Lipinski definition) is 1. The van der Waals surface area contributed by atoms with Crippen LogP contribution in [0.15, 0.2) is 54.6 Å². The zero-order chi connectivity index (χ0) is 19.5. The number of ether oxygens (including phenoxy) is 1. The van der Waals surface area contributed by atoms with Gasteiger partial charge in [0.15, 0.2) is 0 Å². The first-order chi connectivity index (χ1) is 13.6. The van der Waals surface area contributed by atoms with Crippen LogP contribution in [0.1, 0.15) is 15.9 Å². The number of anilines is 1. The highest BCUT2D eigenvalue weighted by molar-refractivity contribution is 5.92. The minimum absolute atomic E-state index is 0.430. The van der Waals surface area contributed by atoms with Crippen LogP contribution in [0, 0.1) is 0 Å². The van der Waals surface area contributed by atoms with E-state index in [1.54, 1.807) is 24.3 Å². The molecule has 4 rings (SSSR count). The quantitative estimate of drug-likeness (QED) is 0.741. The van der Waals surface area contributed by atoms with E-state index in [4.69, 9.17) is 15.5 Å². The molecule has 2 aromatic carbocycles. The number of likely N-dealkylation sites (N-methyl/N-ethyl adjacent to an activating group) is 1. The lowest BCUT2D eigenvalue weighted by atomic mass is 10.1. The molecule has 0 radical (unpaired) electrons. The number of hydrogen-bond acceptors (Lipinski definition) is 5. The molecule has 1 fully saturated rings. The van der Waals surface area contributed by atoms with Crippen LogP contribution in [0.2, 0.25) is 0 Å². The molecule has 1 aromatic heterocycles. The van der Waals surface area contributed by atoms with Gasteiger partial charge < -0.3 is 20.3 Å². The molecule has 1 amide bonds. The lowest BCUT2D eigenvalue weighted by Crippen LogP contribution is -2.44. The number of piperazine rings is 1. The second kappa shape index (κ2) is 7.86. The second-order valence-corrected chi connectivity index (χ2v) is 7.12. The highest BCUT2D eigenvalue weighted by atomic mass is 16.5. The number of carbonyl (C=O) groups excluding carboxylic acids is 1. The molecule has 1 saturated heterocycles. The Morgan fingerprint density at radius 2 is 1.79 bits per heavy atom. The zero-order valence-electron chi connectivity index (χ0n) is 16.0. The third-order valence-corrected chi connectivity index (χ3v) is 5.15. The van der Waals surface area contributed by atoms with E-state index in [1.165, 1.54) is 0 Å². The number of benzene rings is 2. The van der Waals surface area contributed by atoms with Crippen molar-refractivity contribution >= 4 is 22.6 Å². The Morgan fingerprint density at radius 1 is 1.07 bits per heavy atom. The first-order valence-corrected chi connectivity index (χ1v) is 9.45. The monoisotopic (exact) mass is 376 g/mol. The average Bonchev–Trinajstić information content (AvgIpc) is 2.72. The van der Waals surface area contributed by atoms with Crippen molar-refractivity contribution in [2.24, 2.45) is 5.73 Å². The number of amides is 1. The molecule has 144 valence electrons. The molecule has 0 unspecified atom stereocenters. The van der Waals surface area contributed by atoms with Crippen molar-refractivity contribution in [3.63, 3.8) is 0 Å². The Kier molecular flexibility index (Phi) is 5.12. The summed E-state index contributed by atoms with van der Waals surface area (Å²) in [6, 6.07) is 17.2. The van der Waals surface area contributed by atoms with Gasteiger partial charge in [-0.1, -0.05) is 18.2 Å². The number of nitrogens with two attached hydrogens (primary N) is 1. The molecular formula is C22H24N4O2. The maximum atomic E-state index is 11.2. The predicted molar refractivity (Wildman–Crippen MR) is 111 cm³/mol. The highest BCUT2D eigenvalue weighted by Gasteiger charge is 2.17. The molecule has 28 heavy (non-hydrogen) atoms. The van der Waals surface area contributed by atoms with Crippen LogP contribution in [-0.2, 0) is 6.61 Å². The van der Waals surface area contributed by atoms with E-state index in [0.717, 1.165) is 48.5 Å². The minimum atomic E-state index is -0.441. The smallest absolute Gasteiger partial charge is 0.248 e. The summed E-state index contributed by atoms with van der Waals surface area (Å²) in [4.78, 5) is 20.7. The summed E-state index contributed by atoms with van der Waals surface area (Å²) < 4.78 is 5.99. The molecule has 6 heteroatoms. The van der Waals surface area contributed by atoms with Crippen molar-refractivity contribution in [1.82, 2.24) is 9.88 Å². The maximum Gasteiger partial charge on any atom is 0.248 e. The van der Waals surface area contributed by atoms with Crippen molar-refractivity contribution in [2.75, 3.05) is 38.1 Å². The van der Waals surface area contributed by atoms with Crippen LogP contribution in [0.4, 0.5) is 5.82 Å². The van der Waals surface area contributed by atoms with Crippen molar-refractivity contribution in [3.8, 4) is 5.75 Å². The van der Waals surface area contributed by atoms with Crippen molar-refractivity contribution in [3.05, 3.63) is 65.7 Å². The third kappa shape index (κ3) is 3.92. The standard InChI is InChI=1S/C22H24N4O2/c1-25-10-12-26(13-11-25)21-14-17(19-4-2-3-5-20(19)24-21)15-28-18-8-6-16(7-9-18)22(23)27/h2-9,14H,10-13,15H2,1H3,(H2,23,27). The van der Waals surface area contributed by atoms with Gasteiger partial charge in [-0.25, -0.2) is 4.98 Å². The van der Waals surface area contributed by atoms with Crippen LogP contribution in [-0.4, -0.2) is 49.0 Å². The molecule has 2 heterocycles. The van der Waals surface area contributed by atoms with Gasteiger partial charge in [0.25, 0.3) is 0 Å². The van der Waals surface area contributed by atoms with E-state index in [2.05, 4.69) is 29.0 Å². The van der Waals surface area contributed by atoms with Crippen molar-refractivity contribution < 1.29 is 9.53 Å². The van der Waals surface area contributed by atoms with E-state index >= 15 is 0 Å². The van der Waals surface area contributed by atoms with Gasteiger partial charge in [0, 0.05) is 42.7 Å². The zero-order valence-corrected chi connectivity index (χ0v) is 16.0. The Bertz CT molecular complexity index is 979. The number of primary amides is 1. The number of carbonyl (C=O) groups is 1. The topological polar surface area (TPSA) is 71.7 Å². The molecule has 0 atom stereocenters. The first kappa shape index (κ1) is 18.3. The van der Waals surface area contributed by atoms with E-state index in [0.29, 0.717) is 17.9 Å². The highest BCUT2D eigenvalue weighted by Crippen LogP contribution is 2.25. The summed E-state index contributed by atoms with van der Waals surface area (Å²) in [7, 11) is 2.15. The Hall–Kier alpha value is -3.12. The summed E-state index contributed by atoms with van der Waals surface area (Å²) in [6.07, 6.45) is 0. The molecule has 2 N–H and O–H groups in total.